The van der Waals surface area contributed by atoms with E-state index in [2.05, 4.69) is 40.1 Å². The molecule has 1 fully saturated rings. The molecule has 0 bridgehead atoms. The Hall–Kier alpha value is 0.150. The molecule has 1 aromatic rings. The molecule has 0 saturated carbocycles. The first kappa shape index (κ1) is 16.2. The zero-order valence-electron chi connectivity index (χ0n) is 10.3. The quantitative estimate of drug-likeness (QED) is 0.766. The van der Waals surface area contributed by atoms with Gasteiger partial charge < -0.3 is 10.6 Å². The standard InChI is InChI=1S/C12H17IN2OS.ClH/c1-12(2-4-14-5-3-12)8-15-11(16)9-6-10(13)17-7-9;/h6-7,14H,2-5,8H2,1H3,(H,15,16);1H. The van der Waals surface area contributed by atoms with Crippen molar-refractivity contribution in [3.05, 3.63) is 19.9 Å². The van der Waals surface area contributed by atoms with Crippen LogP contribution in [0.15, 0.2) is 11.4 Å². The van der Waals surface area contributed by atoms with Gasteiger partial charge in [-0.05, 0) is 60.0 Å². The van der Waals surface area contributed by atoms with Crippen LogP contribution < -0.4 is 10.6 Å². The van der Waals surface area contributed by atoms with Crippen molar-refractivity contribution in [1.29, 1.82) is 0 Å². The molecular formula is C12H18ClIN2OS. The molecule has 2 heterocycles. The van der Waals surface area contributed by atoms with E-state index in [1.807, 2.05) is 11.4 Å². The first-order chi connectivity index (χ1) is 8.09. The van der Waals surface area contributed by atoms with Gasteiger partial charge in [0.25, 0.3) is 5.91 Å². The van der Waals surface area contributed by atoms with Crippen molar-refractivity contribution in [3.63, 3.8) is 0 Å². The van der Waals surface area contributed by atoms with Crippen molar-refractivity contribution in [2.24, 2.45) is 5.41 Å². The monoisotopic (exact) mass is 400 g/mol. The zero-order chi connectivity index (χ0) is 12.3. The molecule has 2 rings (SSSR count). The lowest BCUT2D eigenvalue weighted by Gasteiger charge is -2.34. The van der Waals surface area contributed by atoms with Gasteiger partial charge in [0.15, 0.2) is 0 Å². The molecule has 3 nitrogen and oxygen atoms in total. The van der Waals surface area contributed by atoms with Crippen LogP contribution in [0.2, 0.25) is 0 Å². The lowest BCUT2D eigenvalue weighted by molar-refractivity contribution is 0.0922. The van der Waals surface area contributed by atoms with Crippen molar-refractivity contribution in [2.75, 3.05) is 19.6 Å². The summed E-state index contributed by atoms with van der Waals surface area (Å²) >= 11 is 3.85. The van der Waals surface area contributed by atoms with Crippen molar-refractivity contribution in [3.8, 4) is 0 Å². The first-order valence-electron chi connectivity index (χ1n) is 5.82. The third-order valence-corrected chi connectivity index (χ3v) is 5.11. The number of carbonyl (C=O) groups excluding carboxylic acids is 1. The molecule has 1 aliphatic heterocycles. The van der Waals surface area contributed by atoms with Gasteiger partial charge in [-0.1, -0.05) is 6.92 Å². The lowest BCUT2D eigenvalue weighted by atomic mass is 9.81. The smallest absolute Gasteiger partial charge is 0.252 e. The molecule has 0 spiro atoms. The van der Waals surface area contributed by atoms with Crippen LogP contribution in [0.1, 0.15) is 30.1 Å². The van der Waals surface area contributed by atoms with E-state index < -0.39 is 0 Å². The molecule has 18 heavy (non-hydrogen) atoms. The maximum atomic E-state index is 11.9. The number of thiophene rings is 1. The highest BCUT2D eigenvalue weighted by atomic mass is 127. The highest BCUT2D eigenvalue weighted by molar-refractivity contribution is 14.1. The van der Waals surface area contributed by atoms with E-state index in [1.54, 1.807) is 11.3 Å². The summed E-state index contributed by atoms with van der Waals surface area (Å²) in [4.78, 5) is 11.9. The molecule has 1 aliphatic rings. The molecule has 0 atom stereocenters. The summed E-state index contributed by atoms with van der Waals surface area (Å²) in [6, 6.07) is 1.94. The Morgan fingerprint density at radius 2 is 2.22 bits per heavy atom. The van der Waals surface area contributed by atoms with Crippen LogP contribution in [-0.4, -0.2) is 25.5 Å². The van der Waals surface area contributed by atoms with Gasteiger partial charge in [-0.15, -0.1) is 23.7 Å². The van der Waals surface area contributed by atoms with Gasteiger partial charge in [-0.25, -0.2) is 0 Å². The summed E-state index contributed by atoms with van der Waals surface area (Å²) < 4.78 is 1.15. The van der Waals surface area contributed by atoms with Gasteiger partial charge in [0.2, 0.25) is 0 Å². The topological polar surface area (TPSA) is 41.1 Å². The number of piperidine rings is 1. The number of hydrogen-bond donors (Lipinski definition) is 2. The van der Waals surface area contributed by atoms with Crippen LogP contribution in [0.4, 0.5) is 0 Å². The largest absolute Gasteiger partial charge is 0.351 e. The fourth-order valence-electron chi connectivity index (χ4n) is 2.03. The maximum absolute atomic E-state index is 11.9. The van der Waals surface area contributed by atoms with E-state index in [-0.39, 0.29) is 23.7 Å². The molecule has 1 aromatic heterocycles. The van der Waals surface area contributed by atoms with Crippen LogP contribution in [0.25, 0.3) is 0 Å². The Kier molecular flexibility index (Phi) is 6.37. The number of hydrogen-bond acceptors (Lipinski definition) is 3. The van der Waals surface area contributed by atoms with E-state index >= 15 is 0 Å². The molecule has 0 aromatic carbocycles. The lowest BCUT2D eigenvalue weighted by Crippen LogP contribution is -2.42. The summed E-state index contributed by atoms with van der Waals surface area (Å²) in [5.74, 6) is 0.0592. The van der Waals surface area contributed by atoms with Crippen molar-refractivity contribution in [2.45, 2.75) is 19.8 Å². The summed E-state index contributed by atoms with van der Waals surface area (Å²) in [7, 11) is 0. The molecule has 102 valence electrons. The Morgan fingerprint density at radius 1 is 1.56 bits per heavy atom. The van der Waals surface area contributed by atoms with Crippen LogP contribution in [0.5, 0.6) is 0 Å². The van der Waals surface area contributed by atoms with E-state index in [1.165, 1.54) is 0 Å². The maximum Gasteiger partial charge on any atom is 0.252 e. The van der Waals surface area contributed by atoms with Gasteiger partial charge in [0.05, 0.1) is 8.45 Å². The Bertz CT molecular complexity index is 405. The Labute approximate surface area is 132 Å². The molecule has 1 saturated heterocycles. The Morgan fingerprint density at radius 3 is 2.78 bits per heavy atom. The van der Waals surface area contributed by atoms with Gasteiger partial charge in [-0.3, -0.25) is 4.79 Å². The van der Waals surface area contributed by atoms with Crippen molar-refractivity contribution >= 4 is 52.2 Å². The third-order valence-electron chi connectivity index (χ3n) is 3.32. The van der Waals surface area contributed by atoms with E-state index in [0.29, 0.717) is 0 Å². The molecule has 0 unspecified atom stereocenters. The number of nitrogens with one attached hydrogen (secondary N) is 2. The van der Waals surface area contributed by atoms with E-state index in [4.69, 9.17) is 0 Å². The molecule has 0 aliphatic carbocycles. The predicted octanol–water partition coefficient (Wildman–Crippen LogP) is 2.89. The fraction of sp³-hybridized carbons (Fsp3) is 0.583. The SMILES string of the molecule is CC1(CNC(=O)c2csc(I)c2)CCNCC1.Cl. The highest BCUT2D eigenvalue weighted by Crippen LogP contribution is 2.27. The second-order valence-corrected chi connectivity index (χ2v) is 7.69. The van der Waals surface area contributed by atoms with Gasteiger partial charge in [0.1, 0.15) is 0 Å². The summed E-state index contributed by atoms with van der Waals surface area (Å²) in [6.07, 6.45) is 2.27. The van der Waals surface area contributed by atoms with E-state index in [9.17, 15) is 4.79 Å². The first-order valence-corrected chi connectivity index (χ1v) is 7.78. The normalized spacial score (nSPS) is 17.9. The number of carbonyl (C=O) groups is 1. The summed E-state index contributed by atoms with van der Waals surface area (Å²) in [5.41, 5.74) is 1.04. The van der Waals surface area contributed by atoms with Crippen LogP contribution in [0.3, 0.4) is 0 Å². The molecule has 6 heteroatoms. The minimum Gasteiger partial charge on any atom is -0.351 e. The average molecular weight is 401 g/mol. The fourth-order valence-corrected chi connectivity index (χ4v) is 3.36. The van der Waals surface area contributed by atoms with Gasteiger partial charge in [0, 0.05) is 11.9 Å². The molecule has 0 radical (unpaired) electrons. The predicted molar refractivity (Wildman–Crippen MR) is 86.8 cm³/mol. The summed E-state index contributed by atoms with van der Waals surface area (Å²) in [6.45, 7) is 5.15. The highest BCUT2D eigenvalue weighted by Gasteiger charge is 2.27. The van der Waals surface area contributed by atoms with Crippen molar-refractivity contribution in [1.82, 2.24) is 10.6 Å². The molecule has 2 N–H and O–H groups in total. The second kappa shape index (κ2) is 7.07. The average Bonchev–Trinajstić information content (AvgIpc) is 2.74. The van der Waals surface area contributed by atoms with Crippen molar-refractivity contribution < 1.29 is 4.79 Å². The van der Waals surface area contributed by atoms with Gasteiger partial charge >= 0.3 is 0 Å². The zero-order valence-corrected chi connectivity index (χ0v) is 14.1. The molecule has 1 amide bonds. The minimum absolute atomic E-state index is 0. The minimum atomic E-state index is 0. The van der Waals surface area contributed by atoms with Gasteiger partial charge in [-0.2, -0.15) is 0 Å². The second-order valence-electron chi connectivity index (χ2n) is 4.88. The van der Waals surface area contributed by atoms with Crippen LogP contribution in [0, 0.1) is 8.30 Å². The number of amides is 1. The van der Waals surface area contributed by atoms with E-state index in [0.717, 1.165) is 40.9 Å². The number of halogens is 2. The Balaban J connectivity index is 0.00000162. The van der Waals surface area contributed by atoms with Crippen LogP contribution >= 0.6 is 46.3 Å². The third kappa shape index (κ3) is 4.36. The number of rotatable bonds is 3. The van der Waals surface area contributed by atoms with Crippen LogP contribution in [-0.2, 0) is 0 Å². The summed E-state index contributed by atoms with van der Waals surface area (Å²) in [5, 5.41) is 8.33. The molecular weight excluding hydrogens is 383 g/mol.